The van der Waals surface area contributed by atoms with Crippen LogP contribution in [0, 0.1) is 5.82 Å². The Morgan fingerprint density at radius 3 is 2.76 bits per heavy atom. The average molecular weight is 348 g/mol. The predicted molar refractivity (Wildman–Crippen MR) is 87.9 cm³/mol. The third-order valence-electron chi connectivity index (χ3n) is 4.26. The molecule has 1 aliphatic rings. The maximum Gasteiger partial charge on any atom is 0.128 e. The van der Waals surface area contributed by atoms with E-state index in [1.54, 1.807) is 6.07 Å². The lowest BCUT2D eigenvalue weighted by molar-refractivity contribution is 0.405. The summed E-state index contributed by atoms with van der Waals surface area (Å²) in [6.07, 6.45) is 3.23. The molecule has 0 aromatic heterocycles. The third kappa shape index (κ3) is 3.35. The van der Waals surface area contributed by atoms with Crippen LogP contribution in [0.25, 0.3) is 0 Å². The Morgan fingerprint density at radius 1 is 1.19 bits per heavy atom. The summed E-state index contributed by atoms with van der Waals surface area (Å²) in [5, 5.41) is 3.58. The number of hydrogen-bond acceptors (Lipinski definition) is 1. The first-order chi connectivity index (χ1) is 10.1. The van der Waals surface area contributed by atoms with Crippen molar-refractivity contribution in [1.29, 1.82) is 0 Å². The van der Waals surface area contributed by atoms with Gasteiger partial charge in [-0.15, -0.1) is 0 Å². The topological polar surface area (TPSA) is 12.0 Å². The molecule has 2 aromatic carbocycles. The normalized spacial score (nSPS) is 19.1. The summed E-state index contributed by atoms with van der Waals surface area (Å²) < 4.78 is 14.9. The molecule has 3 rings (SSSR count). The van der Waals surface area contributed by atoms with Crippen molar-refractivity contribution in [2.45, 2.75) is 38.3 Å². The lowest BCUT2D eigenvalue weighted by Gasteiger charge is -2.28. The van der Waals surface area contributed by atoms with Crippen LogP contribution in [-0.2, 0) is 12.8 Å². The van der Waals surface area contributed by atoms with Crippen molar-refractivity contribution in [3.8, 4) is 0 Å². The number of hydrogen-bond donors (Lipinski definition) is 1. The SMILES string of the molecule is CC(NC1CCc2ccccc2C1)c1cc(Br)ccc1F. The van der Waals surface area contributed by atoms with Gasteiger partial charge in [0.25, 0.3) is 0 Å². The average Bonchev–Trinajstić information content (AvgIpc) is 2.49. The van der Waals surface area contributed by atoms with Gasteiger partial charge in [0.15, 0.2) is 0 Å². The molecule has 21 heavy (non-hydrogen) atoms. The summed E-state index contributed by atoms with van der Waals surface area (Å²) in [6.45, 7) is 2.03. The molecule has 0 fully saturated rings. The summed E-state index contributed by atoms with van der Waals surface area (Å²) in [5.74, 6) is -0.144. The summed E-state index contributed by atoms with van der Waals surface area (Å²) in [7, 11) is 0. The van der Waals surface area contributed by atoms with E-state index in [0.29, 0.717) is 6.04 Å². The van der Waals surface area contributed by atoms with Crippen molar-refractivity contribution in [1.82, 2.24) is 5.32 Å². The predicted octanol–water partition coefficient (Wildman–Crippen LogP) is 4.80. The van der Waals surface area contributed by atoms with Gasteiger partial charge < -0.3 is 5.32 Å². The first-order valence-corrected chi connectivity index (χ1v) is 8.20. The van der Waals surface area contributed by atoms with Crippen LogP contribution in [0.15, 0.2) is 46.9 Å². The van der Waals surface area contributed by atoms with Crippen molar-refractivity contribution in [3.63, 3.8) is 0 Å². The minimum atomic E-state index is -0.144. The lowest BCUT2D eigenvalue weighted by Crippen LogP contribution is -2.36. The standard InChI is InChI=1S/C18H19BrFN/c1-12(17-11-15(19)7-9-18(17)20)21-16-8-6-13-4-2-3-5-14(13)10-16/h2-5,7,9,11-12,16,21H,6,8,10H2,1H3. The van der Waals surface area contributed by atoms with Crippen LogP contribution in [0.4, 0.5) is 4.39 Å². The van der Waals surface area contributed by atoms with E-state index in [4.69, 9.17) is 0 Å². The van der Waals surface area contributed by atoms with E-state index in [1.807, 2.05) is 13.0 Å². The van der Waals surface area contributed by atoms with E-state index in [1.165, 1.54) is 17.2 Å². The molecule has 2 unspecified atom stereocenters. The minimum Gasteiger partial charge on any atom is -0.307 e. The van der Waals surface area contributed by atoms with Crippen LogP contribution in [0.5, 0.6) is 0 Å². The summed E-state index contributed by atoms with van der Waals surface area (Å²) in [6, 6.07) is 14.2. The fraction of sp³-hybridized carbons (Fsp3) is 0.333. The molecule has 0 aliphatic heterocycles. The molecule has 3 heteroatoms. The van der Waals surface area contributed by atoms with Crippen LogP contribution in [-0.4, -0.2) is 6.04 Å². The second kappa shape index (κ2) is 6.29. The fourth-order valence-corrected chi connectivity index (χ4v) is 3.51. The highest BCUT2D eigenvalue weighted by Crippen LogP contribution is 2.25. The van der Waals surface area contributed by atoms with Crippen LogP contribution in [0.1, 0.15) is 36.1 Å². The summed E-state index contributed by atoms with van der Waals surface area (Å²) in [5.41, 5.74) is 3.60. The van der Waals surface area contributed by atoms with Gasteiger partial charge in [-0.3, -0.25) is 0 Å². The molecular formula is C18H19BrFN. The monoisotopic (exact) mass is 347 g/mol. The van der Waals surface area contributed by atoms with E-state index in [-0.39, 0.29) is 11.9 Å². The lowest BCUT2D eigenvalue weighted by atomic mass is 9.88. The smallest absolute Gasteiger partial charge is 0.128 e. The van der Waals surface area contributed by atoms with Crippen molar-refractivity contribution >= 4 is 15.9 Å². The zero-order valence-corrected chi connectivity index (χ0v) is 13.7. The first kappa shape index (κ1) is 14.7. The third-order valence-corrected chi connectivity index (χ3v) is 4.75. The number of fused-ring (bicyclic) bond motifs is 1. The van der Waals surface area contributed by atoms with Crippen molar-refractivity contribution < 1.29 is 4.39 Å². The number of aryl methyl sites for hydroxylation is 1. The van der Waals surface area contributed by atoms with Gasteiger partial charge in [-0.25, -0.2) is 4.39 Å². The highest BCUT2D eigenvalue weighted by molar-refractivity contribution is 9.10. The Kier molecular flexibility index (Phi) is 4.41. The highest BCUT2D eigenvalue weighted by Gasteiger charge is 2.21. The molecule has 0 radical (unpaired) electrons. The van der Waals surface area contributed by atoms with Gasteiger partial charge in [0, 0.05) is 22.1 Å². The minimum absolute atomic E-state index is 0.0118. The second-order valence-electron chi connectivity index (χ2n) is 5.76. The maximum absolute atomic E-state index is 14.0. The van der Waals surface area contributed by atoms with Gasteiger partial charge in [-0.1, -0.05) is 40.2 Å². The Balaban J connectivity index is 1.71. The molecule has 0 amide bonds. The van der Waals surface area contributed by atoms with E-state index < -0.39 is 0 Å². The molecule has 0 saturated carbocycles. The van der Waals surface area contributed by atoms with Gasteiger partial charge in [-0.2, -0.15) is 0 Å². The molecule has 1 aliphatic carbocycles. The van der Waals surface area contributed by atoms with Crippen molar-refractivity contribution in [2.75, 3.05) is 0 Å². The molecule has 0 bridgehead atoms. The largest absolute Gasteiger partial charge is 0.307 e. The Labute approximate surface area is 133 Å². The quantitative estimate of drug-likeness (QED) is 0.841. The highest BCUT2D eigenvalue weighted by atomic mass is 79.9. The van der Waals surface area contributed by atoms with Gasteiger partial charge in [0.1, 0.15) is 5.82 Å². The molecule has 2 aromatic rings. The number of rotatable bonds is 3. The molecule has 0 spiro atoms. The van der Waals surface area contributed by atoms with E-state index in [0.717, 1.165) is 29.3 Å². The fourth-order valence-electron chi connectivity index (χ4n) is 3.13. The molecule has 1 N–H and O–H groups in total. The molecule has 1 nitrogen and oxygen atoms in total. The molecular weight excluding hydrogens is 329 g/mol. The molecule has 0 heterocycles. The van der Waals surface area contributed by atoms with Gasteiger partial charge >= 0.3 is 0 Å². The zero-order chi connectivity index (χ0) is 14.8. The Morgan fingerprint density at radius 2 is 1.95 bits per heavy atom. The van der Waals surface area contributed by atoms with Gasteiger partial charge in [0.05, 0.1) is 0 Å². The van der Waals surface area contributed by atoms with Crippen LogP contribution >= 0.6 is 15.9 Å². The molecule has 2 atom stereocenters. The van der Waals surface area contributed by atoms with Gasteiger partial charge in [0.2, 0.25) is 0 Å². The zero-order valence-electron chi connectivity index (χ0n) is 12.1. The first-order valence-electron chi connectivity index (χ1n) is 7.41. The van der Waals surface area contributed by atoms with Crippen LogP contribution < -0.4 is 5.32 Å². The number of nitrogens with one attached hydrogen (secondary N) is 1. The van der Waals surface area contributed by atoms with Crippen molar-refractivity contribution in [3.05, 3.63) is 69.4 Å². The molecule has 0 saturated heterocycles. The van der Waals surface area contributed by atoms with E-state index >= 15 is 0 Å². The van der Waals surface area contributed by atoms with Crippen LogP contribution in [0.3, 0.4) is 0 Å². The molecule has 110 valence electrons. The summed E-state index contributed by atoms with van der Waals surface area (Å²) >= 11 is 3.42. The number of benzene rings is 2. The number of halogens is 2. The van der Waals surface area contributed by atoms with E-state index in [2.05, 4.69) is 45.5 Å². The second-order valence-corrected chi connectivity index (χ2v) is 6.68. The Hall–Kier alpha value is -1.19. The van der Waals surface area contributed by atoms with E-state index in [9.17, 15) is 4.39 Å². The van der Waals surface area contributed by atoms with Gasteiger partial charge in [-0.05, 0) is 55.5 Å². The van der Waals surface area contributed by atoms with Crippen LogP contribution in [0.2, 0.25) is 0 Å². The Bertz CT molecular complexity index is 641. The summed E-state index contributed by atoms with van der Waals surface area (Å²) in [4.78, 5) is 0. The maximum atomic E-state index is 14.0. The van der Waals surface area contributed by atoms with Crippen molar-refractivity contribution in [2.24, 2.45) is 0 Å².